The maximum absolute atomic E-state index is 11.5. The Labute approximate surface area is 105 Å². The van der Waals surface area contributed by atoms with Crippen molar-refractivity contribution in [2.24, 2.45) is 11.8 Å². The van der Waals surface area contributed by atoms with Crippen molar-refractivity contribution in [3.63, 3.8) is 0 Å². The number of carboxylic acid groups (broad SMARTS) is 1. The number of benzene rings is 1. The summed E-state index contributed by atoms with van der Waals surface area (Å²) in [5, 5.41) is 14.2. The van der Waals surface area contributed by atoms with Crippen LogP contribution in [0.4, 0.5) is 10.5 Å². The Morgan fingerprint density at radius 2 is 1.94 bits per heavy atom. The minimum Gasteiger partial charge on any atom is -0.478 e. The average Bonchev–Trinajstić information content (AvgIpc) is 3.03. The van der Waals surface area contributed by atoms with E-state index in [-0.39, 0.29) is 11.6 Å². The lowest BCUT2D eigenvalue weighted by Crippen LogP contribution is -2.30. The molecule has 5 heteroatoms. The van der Waals surface area contributed by atoms with Crippen LogP contribution in [-0.4, -0.2) is 23.7 Å². The molecule has 0 aliphatic heterocycles. The lowest BCUT2D eigenvalue weighted by atomic mass is 10.2. The number of hydrogen-bond acceptors (Lipinski definition) is 2. The molecule has 3 N–H and O–H groups in total. The van der Waals surface area contributed by atoms with Crippen molar-refractivity contribution < 1.29 is 14.7 Å². The van der Waals surface area contributed by atoms with Gasteiger partial charge in [0.1, 0.15) is 0 Å². The number of hydrogen-bond donors (Lipinski definition) is 3. The van der Waals surface area contributed by atoms with Crippen LogP contribution < -0.4 is 10.6 Å². The highest BCUT2D eigenvalue weighted by Gasteiger charge is 2.32. The summed E-state index contributed by atoms with van der Waals surface area (Å²) >= 11 is 0. The first-order chi connectivity index (χ1) is 8.56. The molecular weight excluding hydrogens is 232 g/mol. The molecule has 0 saturated heterocycles. The van der Waals surface area contributed by atoms with E-state index in [1.165, 1.54) is 18.6 Å². The van der Waals surface area contributed by atoms with Crippen LogP contribution in [0.25, 0.3) is 0 Å². The smallest absolute Gasteiger partial charge is 0.335 e. The zero-order valence-corrected chi connectivity index (χ0v) is 10.1. The number of anilines is 1. The van der Waals surface area contributed by atoms with Crippen LogP contribution in [0, 0.1) is 11.8 Å². The average molecular weight is 248 g/mol. The molecule has 1 saturated carbocycles. The molecule has 0 radical (unpaired) electrons. The molecule has 0 aromatic heterocycles. The molecule has 18 heavy (non-hydrogen) atoms. The van der Waals surface area contributed by atoms with Crippen molar-refractivity contribution >= 4 is 17.7 Å². The Bertz CT molecular complexity index is 456. The highest BCUT2D eigenvalue weighted by Crippen LogP contribution is 2.36. The first-order valence-corrected chi connectivity index (χ1v) is 5.94. The van der Waals surface area contributed by atoms with Crippen LogP contribution >= 0.6 is 0 Å². The van der Waals surface area contributed by atoms with E-state index in [9.17, 15) is 9.59 Å². The minimum absolute atomic E-state index is 0.202. The summed E-state index contributed by atoms with van der Waals surface area (Å²) < 4.78 is 0. The third-order valence-electron chi connectivity index (χ3n) is 3.19. The fourth-order valence-electron chi connectivity index (χ4n) is 1.78. The van der Waals surface area contributed by atoms with Crippen molar-refractivity contribution in [3.8, 4) is 0 Å². The van der Waals surface area contributed by atoms with Gasteiger partial charge in [-0.2, -0.15) is 0 Å². The molecule has 0 heterocycles. The summed E-state index contributed by atoms with van der Waals surface area (Å²) in [5.74, 6) is 0.332. The third-order valence-corrected chi connectivity index (χ3v) is 3.19. The molecule has 0 bridgehead atoms. The molecule has 2 unspecified atom stereocenters. The van der Waals surface area contributed by atoms with Gasteiger partial charge in [0.25, 0.3) is 0 Å². The van der Waals surface area contributed by atoms with Gasteiger partial charge in [-0.3, -0.25) is 0 Å². The number of urea groups is 1. The van der Waals surface area contributed by atoms with Crippen LogP contribution in [0.2, 0.25) is 0 Å². The van der Waals surface area contributed by atoms with Gasteiger partial charge in [-0.1, -0.05) is 6.92 Å². The summed E-state index contributed by atoms with van der Waals surface area (Å²) in [6.07, 6.45) is 1.17. The predicted octanol–water partition coefficient (Wildman–Crippen LogP) is 2.16. The molecule has 2 rings (SSSR count). The number of carboxylic acids is 1. The standard InChI is InChI=1S/C13H16N2O3/c1-8-6-10(8)7-14-13(18)15-11-4-2-9(3-5-11)12(16)17/h2-5,8,10H,6-7H2,1H3,(H,16,17)(H2,14,15,18). The van der Waals surface area contributed by atoms with Crippen molar-refractivity contribution in [3.05, 3.63) is 29.8 Å². The monoisotopic (exact) mass is 248 g/mol. The SMILES string of the molecule is CC1CC1CNC(=O)Nc1ccc(C(=O)O)cc1. The lowest BCUT2D eigenvalue weighted by Gasteiger charge is -2.07. The predicted molar refractivity (Wildman–Crippen MR) is 67.7 cm³/mol. The van der Waals surface area contributed by atoms with E-state index >= 15 is 0 Å². The van der Waals surface area contributed by atoms with Gasteiger partial charge in [-0.15, -0.1) is 0 Å². The number of carbonyl (C=O) groups is 2. The van der Waals surface area contributed by atoms with Crippen LogP contribution in [0.1, 0.15) is 23.7 Å². The number of aromatic carboxylic acids is 1. The van der Waals surface area contributed by atoms with Gasteiger partial charge >= 0.3 is 12.0 Å². The van der Waals surface area contributed by atoms with E-state index in [4.69, 9.17) is 5.11 Å². The lowest BCUT2D eigenvalue weighted by molar-refractivity contribution is 0.0697. The van der Waals surface area contributed by atoms with Gasteiger partial charge in [-0.05, 0) is 42.5 Å². The second kappa shape index (κ2) is 5.08. The molecular formula is C13H16N2O3. The third kappa shape index (κ3) is 3.23. The maximum atomic E-state index is 11.5. The van der Waals surface area contributed by atoms with Gasteiger partial charge in [0, 0.05) is 12.2 Å². The summed E-state index contributed by atoms with van der Waals surface area (Å²) in [6.45, 7) is 2.86. The summed E-state index contributed by atoms with van der Waals surface area (Å²) in [7, 11) is 0. The van der Waals surface area contributed by atoms with E-state index in [0.717, 1.165) is 0 Å². The Kier molecular flexibility index (Phi) is 3.50. The Morgan fingerprint density at radius 1 is 1.33 bits per heavy atom. The molecule has 0 spiro atoms. The zero-order chi connectivity index (χ0) is 13.1. The van der Waals surface area contributed by atoms with Crippen LogP contribution in [0.5, 0.6) is 0 Å². The summed E-state index contributed by atoms with van der Waals surface area (Å²) in [4.78, 5) is 22.2. The molecule has 96 valence electrons. The van der Waals surface area contributed by atoms with E-state index in [1.807, 2.05) is 0 Å². The number of rotatable bonds is 4. The molecule has 2 amide bonds. The second-order valence-corrected chi connectivity index (χ2v) is 4.69. The first-order valence-electron chi connectivity index (χ1n) is 5.94. The van der Waals surface area contributed by atoms with Gasteiger partial charge in [0.2, 0.25) is 0 Å². The van der Waals surface area contributed by atoms with Crippen molar-refractivity contribution in [1.82, 2.24) is 5.32 Å². The molecule has 1 aliphatic rings. The highest BCUT2D eigenvalue weighted by molar-refractivity contribution is 5.91. The van der Waals surface area contributed by atoms with Crippen molar-refractivity contribution in [2.45, 2.75) is 13.3 Å². The Balaban J connectivity index is 1.81. The highest BCUT2D eigenvalue weighted by atomic mass is 16.4. The Morgan fingerprint density at radius 3 is 2.44 bits per heavy atom. The minimum atomic E-state index is -0.978. The van der Waals surface area contributed by atoms with Gasteiger partial charge in [0.05, 0.1) is 5.56 Å². The number of nitrogens with one attached hydrogen (secondary N) is 2. The fraction of sp³-hybridized carbons (Fsp3) is 0.385. The van der Waals surface area contributed by atoms with Crippen molar-refractivity contribution in [2.75, 3.05) is 11.9 Å². The number of carbonyl (C=O) groups excluding carboxylic acids is 1. The summed E-state index contributed by atoms with van der Waals surface area (Å²) in [6, 6.07) is 5.81. The van der Waals surface area contributed by atoms with Crippen LogP contribution in [0.15, 0.2) is 24.3 Å². The topological polar surface area (TPSA) is 78.4 Å². The zero-order valence-electron chi connectivity index (χ0n) is 10.1. The van der Waals surface area contributed by atoms with Crippen LogP contribution in [0.3, 0.4) is 0 Å². The molecule has 5 nitrogen and oxygen atoms in total. The van der Waals surface area contributed by atoms with E-state index in [1.54, 1.807) is 12.1 Å². The molecule has 2 atom stereocenters. The van der Waals surface area contributed by atoms with Gasteiger partial charge in [-0.25, -0.2) is 9.59 Å². The Hall–Kier alpha value is -2.04. The number of amides is 2. The molecule has 1 fully saturated rings. The molecule has 1 aromatic rings. The largest absolute Gasteiger partial charge is 0.478 e. The van der Waals surface area contributed by atoms with Gasteiger partial charge < -0.3 is 15.7 Å². The normalized spacial score (nSPS) is 21.2. The van der Waals surface area contributed by atoms with Gasteiger partial charge in [0.15, 0.2) is 0 Å². The van der Waals surface area contributed by atoms with E-state index in [0.29, 0.717) is 24.1 Å². The maximum Gasteiger partial charge on any atom is 0.335 e. The van der Waals surface area contributed by atoms with Crippen molar-refractivity contribution in [1.29, 1.82) is 0 Å². The summed E-state index contributed by atoms with van der Waals surface area (Å²) in [5.41, 5.74) is 0.786. The van der Waals surface area contributed by atoms with E-state index in [2.05, 4.69) is 17.6 Å². The first kappa shape index (κ1) is 12.4. The van der Waals surface area contributed by atoms with Crippen LogP contribution in [-0.2, 0) is 0 Å². The fourth-order valence-corrected chi connectivity index (χ4v) is 1.78. The molecule has 1 aromatic carbocycles. The molecule has 1 aliphatic carbocycles. The second-order valence-electron chi connectivity index (χ2n) is 4.69. The quantitative estimate of drug-likeness (QED) is 0.764. The van der Waals surface area contributed by atoms with E-state index < -0.39 is 5.97 Å².